The first-order valence-corrected chi connectivity index (χ1v) is 6.16. The van der Waals surface area contributed by atoms with Crippen molar-refractivity contribution in [2.45, 2.75) is 19.8 Å². The molecule has 0 amide bonds. The molecule has 0 aliphatic carbocycles. The lowest BCUT2D eigenvalue weighted by Gasteiger charge is -2.09. The highest BCUT2D eigenvalue weighted by Gasteiger charge is 2.13. The third kappa shape index (κ3) is 2.05. The number of nitrogens with zero attached hydrogens (tertiary/aromatic N) is 2. The quantitative estimate of drug-likeness (QED) is 0.813. The van der Waals surface area contributed by atoms with Crippen LogP contribution in [0.5, 0.6) is 0 Å². The van der Waals surface area contributed by atoms with E-state index in [-0.39, 0.29) is 0 Å². The summed E-state index contributed by atoms with van der Waals surface area (Å²) in [7, 11) is 1.99. The number of halogens is 1. The lowest BCUT2D eigenvalue weighted by Crippen LogP contribution is -1.96. The van der Waals surface area contributed by atoms with Crippen molar-refractivity contribution in [1.29, 1.82) is 0 Å². The summed E-state index contributed by atoms with van der Waals surface area (Å²) in [6, 6.07) is 8.34. The summed E-state index contributed by atoms with van der Waals surface area (Å²) < 4.78 is 3.04. The first-order valence-electron chi connectivity index (χ1n) is 5.37. The summed E-state index contributed by atoms with van der Waals surface area (Å²) in [6.07, 6.45) is 1.96. The molecule has 3 heteroatoms. The van der Waals surface area contributed by atoms with Gasteiger partial charge in [0, 0.05) is 22.6 Å². The highest BCUT2D eigenvalue weighted by molar-refractivity contribution is 9.10. The maximum Gasteiger partial charge on any atom is 0.0713 e. The van der Waals surface area contributed by atoms with Crippen molar-refractivity contribution in [1.82, 2.24) is 9.78 Å². The van der Waals surface area contributed by atoms with Crippen molar-refractivity contribution in [2.75, 3.05) is 0 Å². The van der Waals surface area contributed by atoms with Gasteiger partial charge in [-0.15, -0.1) is 0 Å². The number of rotatable bonds is 2. The number of hydrogen-bond acceptors (Lipinski definition) is 1. The van der Waals surface area contributed by atoms with Gasteiger partial charge >= 0.3 is 0 Å². The molecule has 1 heterocycles. The number of aromatic nitrogens is 2. The molecule has 0 radical (unpaired) electrons. The van der Waals surface area contributed by atoms with Crippen LogP contribution in [0.15, 0.2) is 34.9 Å². The Morgan fingerprint density at radius 2 is 2.06 bits per heavy atom. The lowest BCUT2D eigenvalue weighted by molar-refractivity contribution is 0.774. The highest BCUT2D eigenvalue weighted by atomic mass is 79.9. The van der Waals surface area contributed by atoms with Crippen molar-refractivity contribution in [3.63, 3.8) is 0 Å². The van der Waals surface area contributed by atoms with E-state index in [4.69, 9.17) is 0 Å². The minimum Gasteiger partial charge on any atom is -0.268 e. The predicted molar refractivity (Wildman–Crippen MR) is 70.4 cm³/mol. The molecule has 0 N–H and O–H groups in total. The molecule has 1 aromatic carbocycles. The van der Waals surface area contributed by atoms with Gasteiger partial charge in [-0.1, -0.05) is 41.9 Å². The summed E-state index contributed by atoms with van der Waals surface area (Å²) in [4.78, 5) is 0. The molecule has 1 aromatic heterocycles. The summed E-state index contributed by atoms with van der Waals surface area (Å²) in [5.74, 6) is 0.489. The van der Waals surface area contributed by atoms with Crippen LogP contribution in [0, 0.1) is 0 Å². The maximum atomic E-state index is 4.35. The molecule has 0 aliphatic rings. The fraction of sp³-hybridized carbons (Fsp3) is 0.308. The molecule has 2 aromatic rings. The van der Waals surface area contributed by atoms with Crippen LogP contribution < -0.4 is 0 Å². The zero-order valence-corrected chi connectivity index (χ0v) is 11.3. The summed E-state index contributed by atoms with van der Waals surface area (Å²) in [5, 5.41) is 4.35. The first-order chi connectivity index (χ1) is 7.59. The van der Waals surface area contributed by atoms with Gasteiger partial charge < -0.3 is 0 Å². The molecule has 0 aliphatic heterocycles. The molecule has 2 nitrogen and oxygen atoms in total. The van der Waals surface area contributed by atoms with Gasteiger partial charge in [-0.05, 0) is 18.1 Å². The maximum absolute atomic E-state index is 4.35. The van der Waals surface area contributed by atoms with Crippen LogP contribution in [0.4, 0.5) is 0 Å². The van der Waals surface area contributed by atoms with Crippen LogP contribution in [0.25, 0.3) is 11.3 Å². The van der Waals surface area contributed by atoms with Crippen LogP contribution in [0.1, 0.15) is 25.3 Å². The minimum absolute atomic E-state index is 0.489. The Morgan fingerprint density at radius 1 is 1.31 bits per heavy atom. The van der Waals surface area contributed by atoms with E-state index in [0.29, 0.717) is 5.92 Å². The van der Waals surface area contributed by atoms with Crippen molar-refractivity contribution in [3.8, 4) is 11.3 Å². The molecule has 0 spiro atoms. The van der Waals surface area contributed by atoms with Gasteiger partial charge in [0.2, 0.25) is 0 Å². The molecular formula is C13H15BrN2. The summed E-state index contributed by atoms with van der Waals surface area (Å²) >= 11 is 3.50. The lowest BCUT2D eigenvalue weighted by atomic mass is 10.00. The van der Waals surface area contributed by atoms with Gasteiger partial charge in [-0.25, -0.2) is 0 Å². The van der Waals surface area contributed by atoms with E-state index in [2.05, 4.69) is 53.1 Å². The normalized spacial score (nSPS) is 11.1. The molecule has 0 saturated heterocycles. The largest absolute Gasteiger partial charge is 0.268 e. The smallest absolute Gasteiger partial charge is 0.0713 e. The van der Waals surface area contributed by atoms with Crippen LogP contribution in [0.2, 0.25) is 0 Å². The Bertz CT molecular complexity index is 500. The van der Waals surface area contributed by atoms with Gasteiger partial charge in [-0.2, -0.15) is 5.10 Å². The van der Waals surface area contributed by atoms with Crippen molar-refractivity contribution < 1.29 is 0 Å². The zero-order chi connectivity index (χ0) is 11.7. The van der Waals surface area contributed by atoms with E-state index < -0.39 is 0 Å². The Labute approximate surface area is 104 Å². The van der Waals surface area contributed by atoms with E-state index in [0.717, 1.165) is 4.47 Å². The Kier molecular flexibility index (Phi) is 3.15. The molecule has 84 valence electrons. The minimum atomic E-state index is 0.489. The second-order valence-corrected chi connectivity index (χ2v) is 5.15. The van der Waals surface area contributed by atoms with Crippen LogP contribution >= 0.6 is 15.9 Å². The molecule has 16 heavy (non-hydrogen) atoms. The monoisotopic (exact) mass is 278 g/mol. The van der Waals surface area contributed by atoms with Crippen LogP contribution in [-0.4, -0.2) is 9.78 Å². The summed E-state index contributed by atoms with van der Waals surface area (Å²) in [6.45, 7) is 4.39. The van der Waals surface area contributed by atoms with Crippen molar-refractivity contribution in [2.24, 2.45) is 7.05 Å². The molecule has 0 atom stereocenters. The van der Waals surface area contributed by atoms with Gasteiger partial charge in [0.05, 0.1) is 11.9 Å². The van der Waals surface area contributed by atoms with Gasteiger partial charge in [0.25, 0.3) is 0 Å². The fourth-order valence-electron chi connectivity index (χ4n) is 1.87. The average molecular weight is 279 g/mol. The van der Waals surface area contributed by atoms with Gasteiger partial charge in [0.1, 0.15) is 0 Å². The van der Waals surface area contributed by atoms with Crippen molar-refractivity contribution in [3.05, 3.63) is 40.5 Å². The number of aryl methyl sites for hydroxylation is 1. The SMILES string of the molecule is CC(C)c1cnn(C)c1-c1cccc(Br)c1. The standard InChI is InChI=1S/C13H15BrN2/c1-9(2)12-8-15-16(3)13(12)10-5-4-6-11(14)7-10/h4-9H,1-3H3. The Balaban J connectivity index is 2.59. The third-order valence-corrected chi connectivity index (χ3v) is 3.18. The van der Waals surface area contributed by atoms with E-state index in [1.807, 2.05) is 24.0 Å². The van der Waals surface area contributed by atoms with E-state index in [9.17, 15) is 0 Å². The van der Waals surface area contributed by atoms with E-state index >= 15 is 0 Å². The van der Waals surface area contributed by atoms with Crippen LogP contribution in [-0.2, 0) is 7.05 Å². The van der Waals surface area contributed by atoms with E-state index in [1.165, 1.54) is 16.8 Å². The molecule has 2 rings (SSSR count). The summed E-state index contributed by atoms with van der Waals surface area (Å²) in [5.41, 5.74) is 3.70. The van der Waals surface area contributed by atoms with Crippen LogP contribution in [0.3, 0.4) is 0 Å². The number of benzene rings is 1. The fourth-order valence-corrected chi connectivity index (χ4v) is 2.27. The second kappa shape index (κ2) is 4.42. The molecule has 0 unspecified atom stereocenters. The average Bonchev–Trinajstić information content (AvgIpc) is 2.60. The molecular weight excluding hydrogens is 264 g/mol. The van der Waals surface area contributed by atoms with Gasteiger partial charge in [0.15, 0.2) is 0 Å². The van der Waals surface area contributed by atoms with Gasteiger partial charge in [-0.3, -0.25) is 4.68 Å². The molecule has 0 fully saturated rings. The topological polar surface area (TPSA) is 17.8 Å². The van der Waals surface area contributed by atoms with Crippen molar-refractivity contribution >= 4 is 15.9 Å². The molecule has 0 bridgehead atoms. The molecule has 0 saturated carbocycles. The third-order valence-electron chi connectivity index (χ3n) is 2.69. The Hall–Kier alpha value is -1.09. The predicted octanol–water partition coefficient (Wildman–Crippen LogP) is 3.97. The first kappa shape index (κ1) is 11.4. The highest BCUT2D eigenvalue weighted by Crippen LogP contribution is 2.29. The second-order valence-electron chi connectivity index (χ2n) is 4.24. The Morgan fingerprint density at radius 3 is 2.69 bits per heavy atom. The van der Waals surface area contributed by atoms with E-state index in [1.54, 1.807) is 0 Å². The number of hydrogen-bond donors (Lipinski definition) is 0. The zero-order valence-electron chi connectivity index (χ0n) is 9.74.